The fourth-order valence-corrected chi connectivity index (χ4v) is 4.27. The van der Waals surface area contributed by atoms with E-state index in [0.717, 1.165) is 32.5 Å². The number of nitrogens with one attached hydrogen (secondary N) is 2. The van der Waals surface area contributed by atoms with E-state index in [1.54, 1.807) is 7.05 Å². The SMILES string of the molecule is CN=C(NCC1CCN(C)CC1)NC1CCN(S(=O)(=O)C(F)(F)F)CC1. The maximum absolute atomic E-state index is 12.6. The van der Waals surface area contributed by atoms with E-state index in [1.165, 1.54) is 0 Å². The van der Waals surface area contributed by atoms with Crippen LogP contribution in [0.25, 0.3) is 0 Å². The van der Waals surface area contributed by atoms with Gasteiger partial charge in [0.1, 0.15) is 0 Å². The molecule has 0 unspecified atom stereocenters. The molecular weight excluding hydrogens is 371 g/mol. The molecule has 0 amide bonds. The summed E-state index contributed by atoms with van der Waals surface area (Å²) < 4.78 is 61.2. The number of likely N-dealkylation sites (tertiary alicyclic amines) is 1. The van der Waals surface area contributed by atoms with Crippen molar-refractivity contribution in [2.24, 2.45) is 10.9 Å². The first-order valence-corrected chi connectivity index (χ1v) is 10.3. The van der Waals surface area contributed by atoms with Crippen LogP contribution in [0.5, 0.6) is 0 Å². The average Bonchev–Trinajstić information content (AvgIpc) is 2.59. The molecule has 0 spiro atoms. The molecule has 2 saturated heterocycles. The smallest absolute Gasteiger partial charge is 0.356 e. The van der Waals surface area contributed by atoms with E-state index in [9.17, 15) is 21.6 Å². The minimum absolute atomic E-state index is 0.0987. The van der Waals surface area contributed by atoms with Crippen LogP contribution in [-0.4, -0.2) is 82.0 Å². The molecule has 0 aromatic carbocycles. The van der Waals surface area contributed by atoms with E-state index in [2.05, 4.69) is 27.6 Å². The molecule has 11 heteroatoms. The van der Waals surface area contributed by atoms with E-state index in [0.29, 0.717) is 29.0 Å². The first kappa shape index (κ1) is 21.2. The predicted molar refractivity (Wildman–Crippen MR) is 94.3 cm³/mol. The number of nitrogens with zero attached hydrogens (tertiary/aromatic N) is 3. The Kier molecular flexibility index (Phi) is 7.14. The number of sulfonamides is 1. The third-order valence-electron chi connectivity index (χ3n) is 5.05. The second-order valence-electron chi connectivity index (χ2n) is 6.97. The number of rotatable bonds is 4. The summed E-state index contributed by atoms with van der Waals surface area (Å²) in [5.41, 5.74) is -5.24. The van der Waals surface area contributed by atoms with E-state index in [4.69, 9.17) is 0 Å². The van der Waals surface area contributed by atoms with Crippen LogP contribution in [0, 0.1) is 5.92 Å². The van der Waals surface area contributed by atoms with Crippen LogP contribution in [0.4, 0.5) is 13.2 Å². The lowest BCUT2D eigenvalue weighted by Gasteiger charge is -2.33. The van der Waals surface area contributed by atoms with Crippen molar-refractivity contribution < 1.29 is 21.6 Å². The molecule has 0 aliphatic carbocycles. The summed E-state index contributed by atoms with van der Waals surface area (Å²) in [5, 5.41) is 6.47. The fourth-order valence-electron chi connectivity index (χ4n) is 3.28. The monoisotopic (exact) mass is 399 g/mol. The molecule has 0 aromatic heterocycles. The van der Waals surface area contributed by atoms with Gasteiger partial charge in [-0.2, -0.15) is 17.5 Å². The Balaban J connectivity index is 1.77. The molecule has 2 rings (SSSR count). The summed E-state index contributed by atoms with van der Waals surface area (Å²) in [6.07, 6.45) is 2.86. The van der Waals surface area contributed by atoms with Crippen LogP contribution < -0.4 is 10.6 Å². The van der Waals surface area contributed by atoms with Gasteiger partial charge < -0.3 is 15.5 Å². The number of halogens is 3. The second kappa shape index (κ2) is 8.75. The Labute approximate surface area is 153 Å². The topological polar surface area (TPSA) is 77.0 Å². The van der Waals surface area contributed by atoms with Crippen LogP contribution in [0.1, 0.15) is 25.7 Å². The Morgan fingerprint density at radius 2 is 1.69 bits per heavy atom. The first-order valence-electron chi connectivity index (χ1n) is 8.85. The molecule has 0 aromatic rings. The first-order chi connectivity index (χ1) is 12.1. The highest BCUT2D eigenvalue weighted by molar-refractivity contribution is 7.90. The van der Waals surface area contributed by atoms with E-state index in [-0.39, 0.29) is 19.1 Å². The molecule has 26 heavy (non-hydrogen) atoms. The zero-order chi connectivity index (χ0) is 19.4. The van der Waals surface area contributed by atoms with Crippen molar-refractivity contribution in [1.29, 1.82) is 0 Å². The Bertz CT molecular complexity index is 581. The van der Waals surface area contributed by atoms with Crippen LogP contribution in [0.2, 0.25) is 0 Å². The largest absolute Gasteiger partial charge is 0.511 e. The Morgan fingerprint density at radius 1 is 1.12 bits per heavy atom. The quantitative estimate of drug-likeness (QED) is 0.540. The lowest BCUT2D eigenvalue weighted by atomic mass is 9.97. The molecule has 2 fully saturated rings. The van der Waals surface area contributed by atoms with Gasteiger partial charge in [-0.15, -0.1) is 0 Å². The molecule has 2 aliphatic heterocycles. The van der Waals surface area contributed by atoms with Crippen LogP contribution >= 0.6 is 0 Å². The highest BCUT2D eigenvalue weighted by atomic mass is 32.2. The third kappa shape index (κ3) is 5.46. The van der Waals surface area contributed by atoms with Gasteiger partial charge in [0, 0.05) is 32.7 Å². The van der Waals surface area contributed by atoms with Gasteiger partial charge in [-0.3, -0.25) is 4.99 Å². The van der Waals surface area contributed by atoms with Gasteiger partial charge in [0.2, 0.25) is 0 Å². The summed E-state index contributed by atoms with van der Waals surface area (Å²) in [7, 11) is -1.48. The molecule has 7 nitrogen and oxygen atoms in total. The maximum atomic E-state index is 12.6. The normalized spacial score (nSPS) is 23.2. The zero-order valence-electron chi connectivity index (χ0n) is 15.2. The van der Waals surface area contributed by atoms with Gasteiger partial charge >= 0.3 is 15.5 Å². The summed E-state index contributed by atoms with van der Waals surface area (Å²) in [6.45, 7) is 2.65. The third-order valence-corrected chi connectivity index (χ3v) is 6.68. The lowest BCUT2D eigenvalue weighted by molar-refractivity contribution is -0.0494. The maximum Gasteiger partial charge on any atom is 0.511 e. The zero-order valence-corrected chi connectivity index (χ0v) is 16.0. The molecule has 0 radical (unpaired) electrons. The highest BCUT2D eigenvalue weighted by Gasteiger charge is 2.50. The minimum Gasteiger partial charge on any atom is -0.356 e. The van der Waals surface area contributed by atoms with Crippen molar-refractivity contribution in [1.82, 2.24) is 19.8 Å². The molecule has 0 atom stereocenters. The molecule has 152 valence electrons. The molecular formula is C15H28F3N5O2S. The van der Waals surface area contributed by atoms with E-state index in [1.807, 2.05) is 0 Å². The van der Waals surface area contributed by atoms with Crippen LogP contribution in [0.15, 0.2) is 4.99 Å². The molecule has 0 bridgehead atoms. The number of aliphatic imine (C=N–C) groups is 1. The van der Waals surface area contributed by atoms with Gasteiger partial charge in [-0.05, 0) is 51.7 Å². The summed E-state index contributed by atoms with van der Waals surface area (Å²) in [6, 6.07) is -0.0987. The Hall–Kier alpha value is -1.07. The van der Waals surface area contributed by atoms with Crippen molar-refractivity contribution in [2.75, 3.05) is 46.8 Å². The fraction of sp³-hybridized carbons (Fsp3) is 0.933. The van der Waals surface area contributed by atoms with Crippen molar-refractivity contribution >= 4 is 16.0 Å². The standard InChI is InChI=1S/C15H28F3N5O2S/c1-19-14(20-11-12-3-7-22(2)8-4-12)21-13-5-9-23(10-6-13)26(24,25)15(16,17)18/h12-13H,3-11H2,1-2H3,(H2,19,20,21). The van der Waals surface area contributed by atoms with Gasteiger partial charge in [0.05, 0.1) is 0 Å². The highest BCUT2D eigenvalue weighted by Crippen LogP contribution is 2.28. The number of guanidine groups is 1. The number of alkyl halides is 3. The van der Waals surface area contributed by atoms with Gasteiger partial charge in [0.25, 0.3) is 0 Å². The predicted octanol–water partition coefficient (Wildman–Crippen LogP) is 0.807. The minimum atomic E-state index is -5.24. The van der Waals surface area contributed by atoms with Gasteiger partial charge in [-0.25, -0.2) is 8.42 Å². The van der Waals surface area contributed by atoms with Crippen molar-refractivity contribution in [2.45, 2.75) is 37.2 Å². The van der Waals surface area contributed by atoms with Crippen molar-refractivity contribution in [3.05, 3.63) is 0 Å². The van der Waals surface area contributed by atoms with E-state index >= 15 is 0 Å². The lowest BCUT2D eigenvalue weighted by Crippen LogP contribution is -2.52. The Morgan fingerprint density at radius 3 is 2.19 bits per heavy atom. The molecule has 2 aliphatic rings. The summed E-state index contributed by atoms with van der Waals surface area (Å²) >= 11 is 0. The van der Waals surface area contributed by atoms with Gasteiger partial charge in [-0.1, -0.05) is 0 Å². The molecule has 2 heterocycles. The number of hydrogen-bond acceptors (Lipinski definition) is 4. The summed E-state index contributed by atoms with van der Waals surface area (Å²) in [4.78, 5) is 6.46. The summed E-state index contributed by atoms with van der Waals surface area (Å²) in [5.74, 6) is 1.18. The van der Waals surface area contributed by atoms with Crippen molar-refractivity contribution in [3.63, 3.8) is 0 Å². The van der Waals surface area contributed by atoms with Gasteiger partial charge in [0.15, 0.2) is 5.96 Å². The average molecular weight is 399 g/mol. The van der Waals surface area contributed by atoms with Crippen molar-refractivity contribution in [3.8, 4) is 0 Å². The van der Waals surface area contributed by atoms with E-state index < -0.39 is 15.5 Å². The molecule has 2 N–H and O–H groups in total. The second-order valence-corrected chi connectivity index (χ2v) is 8.90. The van der Waals surface area contributed by atoms with Crippen LogP contribution in [-0.2, 0) is 10.0 Å². The number of piperidine rings is 2. The van der Waals surface area contributed by atoms with Crippen LogP contribution in [0.3, 0.4) is 0 Å². The number of hydrogen-bond donors (Lipinski definition) is 2. The molecule has 0 saturated carbocycles.